The molecular formula is C19H20N4. The minimum Gasteiger partial charge on any atom is -0.377 e. The Kier molecular flexibility index (Phi) is 2.91. The number of piperidine rings is 1. The fourth-order valence-corrected chi connectivity index (χ4v) is 4.19. The van der Waals surface area contributed by atoms with Crippen LogP contribution in [0.2, 0.25) is 0 Å². The number of pyridine rings is 1. The highest BCUT2D eigenvalue weighted by Crippen LogP contribution is 2.44. The number of fused-ring (bicyclic) bond motifs is 2. The van der Waals surface area contributed by atoms with E-state index in [-0.39, 0.29) is 0 Å². The fourth-order valence-electron chi connectivity index (χ4n) is 4.19. The van der Waals surface area contributed by atoms with Crippen LogP contribution in [0.15, 0.2) is 42.7 Å². The van der Waals surface area contributed by atoms with E-state index in [1.807, 2.05) is 6.20 Å². The standard InChI is InChI=1S/C19H20N4/c1-2-4-16-13(3-1)14-7-10-21-19-17(14)15(11-22-19)18(23-16)12-5-8-20-9-6-12/h1-4,7,10-12,18,20,23H,5-6,8-9H2,(H,21,22). The molecule has 1 saturated heterocycles. The van der Waals surface area contributed by atoms with Crippen LogP contribution in [-0.2, 0) is 0 Å². The summed E-state index contributed by atoms with van der Waals surface area (Å²) in [5.74, 6) is 0.648. The van der Waals surface area contributed by atoms with Crippen molar-refractivity contribution >= 4 is 16.7 Å². The minimum atomic E-state index is 0.345. The Balaban J connectivity index is 1.76. The molecule has 2 aromatic heterocycles. The van der Waals surface area contributed by atoms with Crippen LogP contribution < -0.4 is 10.6 Å². The summed E-state index contributed by atoms with van der Waals surface area (Å²) >= 11 is 0. The summed E-state index contributed by atoms with van der Waals surface area (Å²) in [6.07, 6.45) is 6.48. The lowest BCUT2D eigenvalue weighted by molar-refractivity contribution is 0.336. The largest absolute Gasteiger partial charge is 0.377 e. The number of nitrogens with one attached hydrogen (secondary N) is 3. The Labute approximate surface area is 135 Å². The second-order valence-corrected chi connectivity index (χ2v) is 6.58. The van der Waals surface area contributed by atoms with Gasteiger partial charge in [0.25, 0.3) is 0 Å². The highest BCUT2D eigenvalue weighted by molar-refractivity contribution is 6.00. The maximum absolute atomic E-state index is 4.54. The Morgan fingerprint density at radius 3 is 2.78 bits per heavy atom. The van der Waals surface area contributed by atoms with Gasteiger partial charge >= 0.3 is 0 Å². The van der Waals surface area contributed by atoms with Crippen molar-refractivity contribution in [2.24, 2.45) is 5.92 Å². The van der Waals surface area contributed by atoms with E-state index in [0.29, 0.717) is 12.0 Å². The molecule has 4 heterocycles. The summed E-state index contributed by atoms with van der Waals surface area (Å²) in [5.41, 5.74) is 6.16. The number of rotatable bonds is 1. The van der Waals surface area contributed by atoms with Crippen molar-refractivity contribution in [1.29, 1.82) is 0 Å². The third kappa shape index (κ3) is 1.98. The van der Waals surface area contributed by atoms with E-state index < -0.39 is 0 Å². The molecule has 1 atom stereocenters. The van der Waals surface area contributed by atoms with Crippen molar-refractivity contribution < 1.29 is 0 Å². The van der Waals surface area contributed by atoms with E-state index >= 15 is 0 Å². The molecule has 0 saturated carbocycles. The number of para-hydroxylation sites is 1. The number of nitrogens with zero attached hydrogens (tertiary/aromatic N) is 1. The summed E-state index contributed by atoms with van der Waals surface area (Å²) in [4.78, 5) is 7.92. The van der Waals surface area contributed by atoms with Gasteiger partial charge in [-0.05, 0) is 49.5 Å². The van der Waals surface area contributed by atoms with Crippen LogP contribution in [0.25, 0.3) is 22.2 Å². The van der Waals surface area contributed by atoms with Gasteiger partial charge < -0.3 is 15.6 Å². The quantitative estimate of drug-likeness (QED) is 0.642. The molecule has 23 heavy (non-hydrogen) atoms. The number of benzene rings is 1. The number of aromatic amines is 1. The van der Waals surface area contributed by atoms with Gasteiger partial charge in [0.1, 0.15) is 5.65 Å². The molecular weight excluding hydrogens is 284 g/mol. The van der Waals surface area contributed by atoms with E-state index in [1.54, 1.807) is 0 Å². The monoisotopic (exact) mass is 304 g/mol. The summed E-state index contributed by atoms with van der Waals surface area (Å²) in [5, 5.41) is 8.61. The molecule has 5 rings (SSSR count). The Bertz CT molecular complexity index is 861. The van der Waals surface area contributed by atoms with Gasteiger partial charge in [-0.3, -0.25) is 0 Å². The Hall–Kier alpha value is -2.33. The van der Waals surface area contributed by atoms with Crippen molar-refractivity contribution in [1.82, 2.24) is 15.3 Å². The number of anilines is 1. The number of hydrogen-bond donors (Lipinski definition) is 3. The van der Waals surface area contributed by atoms with Crippen LogP contribution in [0.5, 0.6) is 0 Å². The molecule has 116 valence electrons. The minimum absolute atomic E-state index is 0.345. The molecule has 1 aromatic carbocycles. The predicted octanol–water partition coefficient (Wildman–Crippen LogP) is 3.70. The fraction of sp³-hybridized carbons (Fsp3) is 0.316. The molecule has 1 fully saturated rings. The molecule has 0 amide bonds. The lowest BCUT2D eigenvalue weighted by Gasteiger charge is -2.31. The SMILES string of the molecule is c1ccc2c(c1)NC(C1CCNCC1)c1c[nH]c3nccc-2c13. The van der Waals surface area contributed by atoms with E-state index in [0.717, 1.165) is 18.7 Å². The van der Waals surface area contributed by atoms with E-state index in [2.05, 4.69) is 57.1 Å². The molecule has 0 radical (unpaired) electrons. The van der Waals surface area contributed by atoms with Crippen LogP contribution in [-0.4, -0.2) is 23.1 Å². The first-order chi connectivity index (χ1) is 11.4. The van der Waals surface area contributed by atoms with Crippen LogP contribution in [0.3, 0.4) is 0 Å². The molecule has 3 N–H and O–H groups in total. The highest BCUT2D eigenvalue weighted by atomic mass is 15.0. The highest BCUT2D eigenvalue weighted by Gasteiger charge is 2.31. The van der Waals surface area contributed by atoms with Crippen LogP contribution in [0.1, 0.15) is 24.4 Å². The van der Waals surface area contributed by atoms with Crippen molar-refractivity contribution in [3.8, 4) is 11.1 Å². The van der Waals surface area contributed by atoms with E-state index in [1.165, 1.54) is 40.6 Å². The number of hydrogen-bond acceptors (Lipinski definition) is 3. The average Bonchev–Trinajstić information content (AvgIpc) is 2.98. The normalized spacial score (nSPS) is 20.8. The third-order valence-corrected chi connectivity index (χ3v) is 5.32. The van der Waals surface area contributed by atoms with Gasteiger partial charge in [0.05, 0.1) is 6.04 Å². The zero-order valence-corrected chi connectivity index (χ0v) is 13.0. The van der Waals surface area contributed by atoms with E-state index in [4.69, 9.17) is 0 Å². The average molecular weight is 304 g/mol. The molecule has 4 nitrogen and oxygen atoms in total. The third-order valence-electron chi connectivity index (χ3n) is 5.32. The Morgan fingerprint density at radius 1 is 1.00 bits per heavy atom. The predicted molar refractivity (Wildman–Crippen MR) is 93.5 cm³/mol. The van der Waals surface area contributed by atoms with E-state index in [9.17, 15) is 0 Å². The summed E-state index contributed by atoms with van der Waals surface area (Å²) in [6.45, 7) is 2.22. The summed E-state index contributed by atoms with van der Waals surface area (Å²) < 4.78 is 0. The van der Waals surface area contributed by atoms with Gasteiger partial charge in [-0.1, -0.05) is 18.2 Å². The van der Waals surface area contributed by atoms with Crippen molar-refractivity contribution in [3.05, 3.63) is 48.3 Å². The second kappa shape index (κ2) is 5.10. The first kappa shape index (κ1) is 13.1. The molecule has 4 heteroatoms. The lowest BCUT2D eigenvalue weighted by atomic mass is 9.86. The molecule has 2 aliphatic rings. The van der Waals surface area contributed by atoms with Gasteiger partial charge in [0.2, 0.25) is 0 Å². The maximum atomic E-state index is 4.54. The number of aromatic nitrogens is 2. The lowest BCUT2D eigenvalue weighted by Crippen LogP contribution is -2.33. The van der Waals surface area contributed by atoms with Crippen LogP contribution in [0.4, 0.5) is 5.69 Å². The Morgan fingerprint density at radius 2 is 1.87 bits per heavy atom. The summed E-state index contributed by atoms with van der Waals surface area (Å²) in [7, 11) is 0. The first-order valence-corrected chi connectivity index (χ1v) is 8.44. The second-order valence-electron chi connectivity index (χ2n) is 6.58. The smallest absolute Gasteiger partial charge is 0.138 e. The molecule has 0 aliphatic carbocycles. The molecule has 1 unspecified atom stereocenters. The van der Waals surface area contributed by atoms with Gasteiger partial charge in [-0.2, -0.15) is 0 Å². The molecule has 3 aromatic rings. The van der Waals surface area contributed by atoms with Crippen LogP contribution >= 0.6 is 0 Å². The van der Waals surface area contributed by atoms with Gasteiger partial charge in [0.15, 0.2) is 0 Å². The summed E-state index contributed by atoms with van der Waals surface area (Å²) in [6, 6.07) is 11.1. The van der Waals surface area contributed by atoms with Gasteiger partial charge in [-0.25, -0.2) is 4.98 Å². The van der Waals surface area contributed by atoms with Crippen LogP contribution in [0, 0.1) is 5.92 Å². The first-order valence-electron chi connectivity index (χ1n) is 8.44. The zero-order valence-electron chi connectivity index (χ0n) is 13.0. The van der Waals surface area contributed by atoms with Gasteiger partial charge in [-0.15, -0.1) is 0 Å². The van der Waals surface area contributed by atoms with Gasteiger partial charge in [0, 0.05) is 34.6 Å². The topological polar surface area (TPSA) is 52.7 Å². The van der Waals surface area contributed by atoms with Crippen molar-refractivity contribution in [3.63, 3.8) is 0 Å². The van der Waals surface area contributed by atoms with Crippen molar-refractivity contribution in [2.75, 3.05) is 18.4 Å². The number of H-pyrrole nitrogens is 1. The van der Waals surface area contributed by atoms with Crippen molar-refractivity contribution in [2.45, 2.75) is 18.9 Å². The zero-order chi connectivity index (χ0) is 15.2. The molecule has 2 aliphatic heterocycles. The molecule has 0 bridgehead atoms. The maximum Gasteiger partial charge on any atom is 0.138 e. The molecule has 0 spiro atoms.